The van der Waals surface area contributed by atoms with Crippen LogP contribution in [0.5, 0.6) is 0 Å². The molecule has 6 heteroatoms. The second-order valence-electron chi connectivity index (χ2n) is 3.38. The van der Waals surface area contributed by atoms with E-state index >= 15 is 0 Å². The van der Waals surface area contributed by atoms with Gasteiger partial charge in [0.1, 0.15) is 0 Å². The minimum Gasteiger partial charge on any atom is -0.466 e. The number of ether oxygens (including phenoxy) is 1. The fourth-order valence-electron chi connectivity index (χ4n) is 1.31. The van der Waals surface area contributed by atoms with Gasteiger partial charge in [0.05, 0.1) is 13.2 Å². The SMILES string of the molecule is COC(=O)/C=C1/ON=C(c2ccccc2)NC1=O. The van der Waals surface area contributed by atoms with Crippen LogP contribution >= 0.6 is 0 Å². The van der Waals surface area contributed by atoms with Gasteiger partial charge in [-0.05, 0) is 0 Å². The number of oxime groups is 1. The molecule has 1 aromatic rings. The number of benzene rings is 1. The molecule has 92 valence electrons. The topological polar surface area (TPSA) is 77.0 Å². The highest BCUT2D eigenvalue weighted by Gasteiger charge is 2.22. The second-order valence-corrected chi connectivity index (χ2v) is 3.38. The van der Waals surface area contributed by atoms with Crippen molar-refractivity contribution in [2.24, 2.45) is 5.16 Å². The third-order valence-corrected chi connectivity index (χ3v) is 2.19. The summed E-state index contributed by atoms with van der Waals surface area (Å²) < 4.78 is 4.39. The molecule has 1 amide bonds. The van der Waals surface area contributed by atoms with E-state index in [1.165, 1.54) is 7.11 Å². The molecule has 0 aliphatic carbocycles. The quantitative estimate of drug-likeness (QED) is 0.610. The molecule has 0 spiro atoms. The van der Waals surface area contributed by atoms with Crippen molar-refractivity contribution >= 4 is 17.7 Å². The number of amides is 1. The zero-order chi connectivity index (χ0) is 13.0. The number of rotatable bonds is 2. The van der Waals surface area contributed by atoms with Crippen molar-refractivity contribution in [3.05, 3.63) is 47.7 Å². The summed E-state index contributed by atoms with van der Waals surface area (Å²) in [6, 6.07) is 9.01. The number of nitrogens with one attached hydrogen (secondary N) is 1. The Morgan fingerprint density at radius 3 is 2.72 bits per heavy atom. The van der Waals surface area contributed by atoms with E-state index in [1.807, 2.05) is 18.2 Å². The number of carbonyl (C=O) groups excluding carboxylic acids is 2. The molecule has 1 N–H and O–H groups in total. The minimum atomic E-state index is -0.682. The number of methoxy groups -OCH3 is 1. The molecule has 1 aliphatic heterocycles. The lowest BCUT2D eigenvalue weighted by Gasteiger charge is -2.14. The molecule has 0 fully saturated rings. The third-order valence-electron chi connectivity index (χ3n) is 2.19. The van der Waals surface area contributed by atoms with E-state index in [9.17, 15) is 9.59 Å². The first kappa shape index (κ1) is 11.8. The van der Waals surface area contributed by atoms with E-state index in [0.717, 1.165) is 6.08 Å². The lowest BCUT2D eigenvalue weighted by atomic mass is 10.2. The third kappa shape index (κ3) is 2.54. The van der Waals surface area contributed by atoms with Gasteiger partial charge in [-0.25, -0.2) is 4.79 Å². The lowest BCUT2D eigenvalue weighted by Crippen LogP contribution is -2.36. The summed E-state index contributed by atoms with van der Waals surface area (Å²) in [5.74, 6) is -1.14. The van der Waals surface area contributed by atoms with Crippen molar-refractivity contribution < 1.29 is 19.2 Å². The molecule has 1 aliphatic rings. The Kier molecular flexibility index (Phi) is 3.38. The zero-order valence-electron chi connectivity index (χ0n) is 9.54. The maximum atomic E-state index is 11.6. The van der Waals surface area contributed by atoms with Crippen LogP contribution in [0.2, 0.25) is 0 Å². The molecule has 0 unspecified atom stereocenters. The summed E-state index contributed by atoms with van der Waals surface area (Å²) in [4.78, 5) is 27.5. The fourth-order valence-corrected chi connectivity index (χ4v) is 1.31. The molecule has 1 heterocycles. The lowest BCUT2D eigenvalue weighted by molar-refractivity contribution is -0.135. The first-order valence-electron chi connectivity index (χ1n) is 5.12. The van der Waals surface area contributed by atoms with Crippen LogP contribution in [0.1, 0.15) is 5.56 Å². The maximum absolute atomic E-state index is 11.6. The van der Waals surface area contributed by atoms with Gasteiger partial charge in [-0.3, -0.25) is 4.79 Å². The Morgan fingerprint density at radius 2 is 2.11 bits per heavy atom. The van der Waals surface area contributed by atoms with Crippen LogP contribution in [0.4, 0.5) is 0 Å². The monoisotopic (exact) mass is 246 g/mol. The number of amidine groups is 1. The predicted octanol–water partition coefficient (Wildman–Crippen LogP) is 0.551. The Morgan fingerprint density at radius 1 is 1.39 bits per heavy atom. The van der Waals surface area contributed by atoms with Crippen molar-refractivity contribution in [1.29, 1.82) is 0 Å². The zero-order valence-corrected chi connectivity index (χ0v) is 9.54. The van der Waals surface area contributed by atoms with Gasteiger partial charge in [-0.15, -0.1) is 0 Å². The van der Waals surface area contributed by atoms with Gasteiger partial charge in [0.2, 0.25) is 5.76 Å². The van der Waals surface area contributed by atoms with Gasteiger partial charge in [0, 0.05) is 5.56 Å². The summed E-state index contributed by atoms with van der Waals surface area (Å²) in [6.07, 6.45) is 0.931. The van der Waals surface area contributed by atoms with E-state index in [2.05, 4.69) is 15.2 Å². The highest BCUT2D eigenvalue weighted by atomic mass is 16.6. The molecule has 0 aromatic heterocycles. The van der Waals surface area contributed by atoms with Crippen molar-refractivity contribution in [2.45, 2.75) is 0 Å². The number of carbonyl (C=O) groups is 2. The maximum Gasteiger partial charge on any atom is 0.334 e. The molecular weight excluding hydrogens is 236 g/mol. The fraction of sp³-hybridized carbons (Fsp3) is 0.0833. The van der Waals surface area contributed by atoms with Crippen molar-refractivity contribution in [2.75, 3.05) is 7.11 Å². The first-order chi connectivity index (χ1) is 8.70. The average molecular weight is 246 g/mol. The molecule has 1 aromatic carbocycles. The minimum absolute atomic E-state index is 0.207. The number of nitrogens with zero attached hydrogens (tertiary/aromatic N) is 1. The number of esters is 1. The summed E-state index contributed by atoms with van der Waals surface area (Å²) in [5.41, 5.74) is 0.711. The molecule has 2 rings (SSSR count). The second kappa shape index (κ2) is 5.13. The van der Waals surface area contributed by atoms with Crippen molar-refractivity contribution in [3.63, 3.8) is 0 Å². The molecule has 0 bridgehead atoms. The number of hydrogen-bond acceptors (Lipinski definition) is 5. The Labute approximate surface area is 103 Å². The summed E-state index contributed by atoms with van der Waals surface area (Å²) in [5, 5.41) is 6.25. The van der Waals surface area contributed by atoms with E-state index in [1.54, 1.807) is 12.1 Å². The molecule has 0 radical (unpaired) electrons. The standard InChI is InChI=1S/C12H10N2O4/c1-17-10(15)7-9-12(16)13-11(14-18-9)8-5-3-2-4-6-8/h2-7H,1H3,(H,13,14,16)/b9-7+. The normalized spacial score (nSPS) is 16.6. The molecule has 0 saturated carbocycles. The molecule has 0 atom stereocenters. The average Bonchev–Trinajstić information content (AvgIpc) is 2.42. The van der Waals surface area contributed by atoms with Gasteiger partial charge >= 0.3 is 5.97 Å². The first-order valence-corrected chi connectivity index (χ1v) is 5.12. The van der Waals surface area contributed by atoms with Crippen molar-refractivity contribution in [1.82, 2.24) is 5.32 Å². The van der Waals surface area contributed by atoms with Crippen LogP contribution < -0.4 is 5.32 Å². The summed E-state index contributed by atoms with van der Waals surface area (Å²) in [6.45, 7) is 0. The largest absolute Gasteiger partial charge is 0.466 e. The molecule has 0 saturated heterocycles. The Balaban J connectivity index is 2.20. The summed E-state index contributed by atoms with van der Waals surface area (Å²) >= 11 is 0. The van der Waals surface area contributed by atoms with Crippen LogP contribution in [0.3, 0.4) is 0 Å². The van der Waals surface area contributed by atoms with E-state index < -0.39 is 11.9 Å². The van der Waals surface area contributed by atoms with E-state index in [-0.39, 0.29) is 5.76 Å². The number of hydrogen-bond donors (Lipinski definition) is 1. The van der Waals surface area contributed by atoms with Gasteiger partial charge in [0.25, 0.3) is 5.91 Å². The van der Waals surface area contributed by atoms with Crippen LogP contribution in [-0.2, 0) is 19.2 Å². The van der Waals surface area contributed by atoms with Crippen LogP contribution in [0.25, 0.3) is 0 Å². The van der Waals surface area contributed by atoms with E-state index in [4.69, 9.17) is 4.84 Å². The highest BCUT2D eigenvalue weighted by molar-refractivity contribution is 6.14. The van der Waals surface area contributed by atoms with Crippen LogP contribution in [-0.4, -0.2) is 24.8 Å². The molecule has 18 heavy (non-hydrogen) atoms. The molecule has 6 nitrogen and oxygen atoms in total. The van der Waals surface area contributed by atoms with Gasteiger partial charge in [-0.1, -0.05) is 35.5 Å². The smallest absolute Gasteiger partial charge is 0.334 e. The predicted molar refractivity (Wildman–Crippen MR) is 62.3 cm³/mol. The van der Waals surface area contributed by atoms with E-state index in [0.29, 0.717) is 11.4 Å². The van der Waals surface area contributed by atoms with Crippen LogP contribution in [0.15, 0.2) is 47.3 Å². The van der Waals surface area contributed by atoms with Crippen LogP contribution in [0, 0.1) is 0 Å². The van der Waals surface area contributed by atoms with Gasteiger partial charge < -0.3 is 14.9 Å². The summed E-state index contributed by atoms with van der Waals surface area (Å²) in [7, 11) is 1.21. The highest BCUT2D eigenvalue weighted by Crippen LogP contribution is 2.09. The Bertz CT molecular complexity index is 534. The Hall–Kier alpha value is -2.63. The van der Waals surface area contributed by atoms with Gasteiger partial charge in [0.15, 0.2) is 5.84 Å². The van der Waals surface area contributed by atoms with Gasteiger partial charge in [-0.2, -0.15) is 0 Å². The molecular formula is C12H10N2O4. The van der Waals surface area contributed by atoms with Crippen molar-refractivity contribution in [3.8, 4) is 0 Å².